The van der Waals surface area contributed by atoms with E-state index in [0.717, 1.165) is 16.1 Å². The summed E-state index contributed by atoms with van der Waals surface area (Å²) in [4.78, 5) is 26.9. The molecule has 0 bridgehead atoms. The molecule has 2 heterocycles. The number of hydrogen-bond donors (Lipinski definition) is 3. The molecule has 2 aromatic carbocycles. The number of hydrogen-bond acceptors (Lipinski definition) is 7. The van der Waals surface area contributed by atoms with Gasteiger partial charge in [-0.15, -0.1) is 11.3 Å². The number of rotatable bonds is 11. The summed E-state index contributed by atoms with van der Waals surface area (Å²) in [5, 5.41) is 13.6. The fourth-order valence-corrected chi connectivity index (χ4v) is 4.62. The first-order chi connectivity index (χ1) is 17.9. The zero-order valence-electron chi connectivity index (χ0n) is 20.5. The second-order valence-electron chi connectivity index (χ2n) is 8.95. The monoisotopic (exact) mass is 554 g/mol. The van der Waals surface area contributed by atoms with E-state index < -0.39 is 6.04 Å². The number of aromatic nitrogens is 3. The van der Waals surface area contributed by atoms with Crippen molar-refractivity contribution in [2.45, 2.75) is 39.4 Å². The minimum absolute atomic E-state index is 0.105. The molecular formula is C27H28Cl2N6OS. The number of anilines is 2. The van der Waals surface area contributed by atoms with Crippen LogP contribution < -0.4 is 16.0 Å². The lowest BCUT2D eigenvalue weighted by Gasteiger charge is -2.21. The Labute approximate surface area is 230 Å². The maximum atomic E-state index is 13.2. The van der Waals surface area contributed by atoms with E-state index in [9.17, 15) is 4.79 Å². The molecule has 0 spiro atoms. The second kappa shape index (κ2) is 12.9. The van der Waals surface area contributed by atoms with Crippen molar-refractivity contribution in [3.63, 3.8) is 0 Å². The molecule has 0 fully saturated rings. The van der Waals surface area contributed by atoms with Gasteiger partial charge in [-0.2, -0.15) is 4.98 Å². The van der Waals surface area contributed by atoms with Crippen molar-refractivity contribution in [1.82, 2.24) is 20.3 Å². The lowest BCUT2D eigenvalue weighted by atomic mass is 10.0. The largest absolute Gasteiger partial charge is 0.358 e. The normalized spacial score (nSPS) is 11.8. The molecule has 2 aromatic heterocycles. The summed E-state index contributed by atoms with van der Waals surface area (Å²) in [6.07, 6.45) is 2.37. The van der Waals surface area contributed by atoms with E-state index in [2.05, 4.69) is 44.7 Å². The van der Waals surface area contributed by atoms with E-state index in [-0.39, 0.29) is 5.91 Å². The number of carbonyl (C=O) groups excluding carboxylic acids is 1. The Morgan fingerprint density at radius 2 is 1.78 bits per heavy atom. The summed E-state index contributed by atoms with van der Waals surface area (Å²) in [5.74, 6) is 1.16. The molecule has 7 nitrogen and oxygen atoms in total. The van der Waals surface area contributed by atoms with Crippen LogP contribution in [0.4, 0.5) is 11.8 Å². The van der Waals surface area contributed by atoms with Gasteiger partial charge in [0.05, 0.1) is 0 Å². The SMILES string of the molecule is CC(C)CC(Nc1cc(-c2nccs2)nc(NCc2cccc(Cl)c2)n1)C(=O)NCc1ccc(Cl)cc1. The van der Waals surface area contributed by atoms with Crippen LogP contribution in [-0.2, 0) is 17.9 Å². The average molecular weight is 556 g/mol. The van der Waals surface area contributed by atoms with Gasteiger partial charge in [-0.05, 0) is 47.7 Å². The average Bonchev–Trinajstić information content (AvgIpc) is 3.42. The van der Waals surface area contributed by atoms with Gasteiger partial charge in [0.25, 0.3) is 0 Å². The molecule has 37 heavy (non-hydrogen) atoms. The van der Waals surface area contributed by atoms with E-state index in [1.807, 2.05) is 60.0 Å². The van der Waals surface area contributed by atoms with E-state index in [0.29, 0.717) is 52.9 Å². The second-order valence-corrected chi connectivity index (χ2v) is 10.7. The van der Waals surface area contributed by atoms with Crippen molar-refractivity contribution in [2.24, 2.45) is 5.92 Å². The number of amides is 1. The van der Waals surface area contributed by atoms with Crippen LogP contribution in [0.25, 0.3) is 10.7 Å². The summed E-state index contributed by atoms with van der Waals surface area (Å²) in [6.45, 7) is 5.07. The van der Waals surface area contributed by atoms with Crippen molar-refractivity contribution in [3.05, 3.63) is 87.3 Å². The summed E-state index contributed by atoms with van der Waals surface area (Å²) >= 11 is 13.6. The van der Waals surface area contributed by atoms with Crippen LogP contribution in [0.5, 0.6) is 0 Å². The smallest absolute Gasteiger partial charge is 0.242 e. The molecule has 1 amide bonds. The molecule has 0 aliphatic rings. The van der Waals surface area contributed by atoms with Gasteiger partial charge in [0.2, 0.25) is 11.9 Å². The molecule has 0 radical (unpaired) electrons. The number of carbonyl (C=O) groups is 1. The standard InChI is InChI=1S/C27H28Cl2N6OS/c1-17(2)12-22(25(36)31-15-18-6-8-20(28)9-7-18)33-24-14-23(26-30-10-11-37-26)34-27(35-24)32-16-19-4-3-5-21(29)13-19/h3-11,13-14,17,22H,12,15-16H2,1-2H3,(H,31,36)(H2,32,33,34,35). The Kier molecular flexibility index (Phi) is 9.33. The molecule has 4 aromatic rings. The van der Waals surface area contributed by atoms with Gasteiger partial charge in [-0.3, -0.25) is 4.79 Å². The Balaban J connectivity index is 1.53. The summed E-state index contributed by atoms with van der Waals surface area (Å²) in [5.41, 5.74) is 2.65. The summed E-state index contributed by atoms with van der Waals surface area (Å²) < 4.78 is 0. The number of halogens is 2. The van der Waals surface area contributed by atoms with Gasteiger partial charge < -0.3 is 16.0 Å². The summed E-state index contributed by atoms with van der Waals surface area (Å²) in [6, 6.07) is 16.4. The lowest BCUT2D eigenvalue weighted by molar-refractivity contribution is -0.122. The van der Waals surface area contributed by atoms with Crippen molar-refractivity contribution in [1.29, 1.82) is 0 Å². The first-order valence-electron chi connectivity index (χ1n) is 11.9. The van der Waals surface area contributed by atoms with Crippen molar-refractivity contribution in [2.75, 3.05) is 10.6 Å². The molecule has 4 rings (SSSR count). The predicted octanol–water partition coefficient (Wildman–Crippen LogP) is 6.66. The lowest BCUT2D eigenvalue weighted by Crippen LogP contribution is -2.40. The molecule has 10 heteroatoms. The van der Waals surface area contributed by atoms with E-state index in [1.54, 1.807) is 6.20 Å². The van der Waals surface area contributed by atoms with Crippen LogP contribution in [0.2, 0.25) is 10.0 Å². The molecule has 1 atom stereocenters. The van der Waals surface area contributed by atoms with Crippen LogP contribution in [0.1, 0.15) is 31.4 Å². The maximum Gasteiger partial charge on any atom is 0.242 e. The van der Waals surface area contributed by atoms with Gasteiger partial charge in [0.1, 0.15) is 22.6 Å². The van der Waals surface area contributed by atoms with Gasteiger partial charge in [-0.1, -0.05) is 61.3 Å². The van der Waals surface area contributed by atoms with Gasteiger partial charge in [0.15, 0.2) is 0 Å². The minimum Gasteiger partial charge on any atom is -0.358 e. The van der Waals surface area contributed by atoms with Crippen LogP contribution in [-0.4, -0.2) is 26.9 Å². The Morgan fingerprint density at radius 1 is 0.973 bits per heavy atom. The van der Waals surface area contributed by atoms with E-state index >= 15 is 0 Å². The van der Waals surface area contributed by atoms with Crippen LogP contribution in [0.3, 0.4) is 0 Å². The molecular weight excluding hydrogens is 527 g/mol. The Hall–Kier alpha value is -3.20. The minimum atomic E-state index is -0.480. The first kappa shape index (κ1) is 26.9. The van der Waals surface area contributed by atoms with Crippen LogP contribution in [0.15, 0.2) is 66.2 Å². The maximum absolute atomic E-state index is 13.2. The highest BCUT2D eigenvalue weighted by Gasteiger charge is 2.21. The van der Waals surface area contributed by atoms with Crippen LogP contribution >= 0.6 is 34.5 Å². The fourth-order valence-electron chi connectivity index (χ4n) is 3.68. The third kappa shape index (κ3) is 8.15. The van der Waals surface area contributed by atoms with Crippen molar-refractivity contribution in [3.8, 4) is 10.7 Å². The molecule has 3 N–H and O–H groups in total. The van der Waals surface area contributed by atoms with Crippen LogP contribution in [0, 0.1) is 5.92 Å². The first-order valence-corrected chi connectivity index (χ1v) is 13.5. The highest BCUT2D eigenvalue weighted by atomic mass is 35.5. The third-order valence-corrected chi connectivity index (χ3v) is 6.73. The number of benzene rings is 2. The number of thiazole rings is 1. The van der Waals surface area contributed by atoms with E-state index in [4.69, 9.17) is 23.2 Å². The zero-order valence-corrected chi connectivity index (χ0v) is 22.9. The highest BCUT2D eigenvalue weighted by molar-refractivity contribution is 7.13. The topological polar surface area (TPSA) is 91.8 Å². The fraction of sp³-hybridized carbons (Fsp3) is 0.259. The third-order valence-electron chi connectivity index (χ3n) is 5.44. The Bertz CT molecular complexity index is 1310. The van der Waals surface area contributed by atoms with Crippen molar-refractivity contribution < 1.29 is 4.79 Å². The molecule has 0 aliphatic carbocycles. The Morgan fingerprint density at radius 3 is 2.49 bits per heavy atom. The molecule has 0 saturated carbocycles. The molecule has 0 aliphatic heterocycles. The number of nitrogens with zero attached hydrogens (tertiary/aromatic N) is 3. The molecule has 0 saturated heterocycles. The quantitative estimate of drug-likeness (QED) is 0.192. The van der Waals surface area contributed by atoms with Gasteiger partial charge in [0, 0.05) is 40.8 Å². The summed E-state index contributed by atoms with van der Waals surface area (Å²) in [7, 11) is 0. The zero-order chi connectivity index (χ0) is 26.2. The van der Waals surface area contributed by atoms with Gasteiger partial charge in [-0.25, -0.2) is 9.97 Å². The van der Waals surface area contributed by atoms with Crippen molar-refractivity contribution >= 4 is 52.2 Å². The molecule has 1 unspecified atom stereocenters. The molecule has 192 valence electrons. The van der Waals surface area contributed by atoms with Gasteiger partial charge >= 0.3 is 0 Å². The van der Waals surface area contributed by atoms with E-state index in [1.165, 1.54) is 11.3 Å². The highest BCUT2D eigenvalue weighted by Crippen LogP contribution is 2.25. The number of nitrogens with one attached hydrogen (secondary N) is 3. The predicted molar refractivity (Wildman–Crippen MR) is 152 cm³/mol.